The van der Waals surface area contributed by atoms with Crippen molar-refractivity contribution in [2.45, 2.75) is 19.1 Å². The standard InChI is InChI=1S/C8H7F3N2O4/c1-3(12-7(16)8(9,10)11)5-13-4(2-17-5)6(14)15/h2-3H,1H3,(H,12,16)(H,14,15)/t3-/m0/s1. The minimum Gasteiger partial charge on any atom is -0.476 e. The van der Waals surface area contributed by atoms with Gasteiger partial charge in [-0.3, -0.25) is 4.79 Å². The van der Waals surface area contributed by atoms with E-state index in [0.717, 1.165) is 6.26 Å². The Balaban J connectivity index is 2.73. The Morgan fingerprint density at radius 3 is 2.53 bits per heavy atom. The normalized spacial score (nSPS) is 13.2. The molecule has 1 aromatic rings. The second-order valence-corrected chi connectivity index (χ2v) is 3.07. The number of alkyl halides is 3. The molecule has 1 aromatic heterocycles. The number of nitrogens with one attached hydrogen (secondary N) is 1. The van der Waals surface area contributed by atoms with Gasteiger partial charge in [-0.25, -0.2) is 9.78 Å². The molecule has 6 nitrogen and oxygen atoms in total. The third-order valence-corrected chi connectivity index (χ3v) is 1.72. The lowest BCUT2D eigenvalue weighted by Gasteiger charge is -2.11. The maximum atomic E-state index is 11.9. The second kappa shape index (κ2) is 4.44. The van der Waals surface area contributed by atoms with Crippen molar-refractivity contribution in [3.63, 3.8) is 0 Å². The van der Waals surface area contributed by atoms with Crippen LogP contribution in [0.4, 0.5) is 13.2 Å². The van der Waals surface area contributed by atoms with Gasteiger partial charge in [-0.15, -0.1) is 0 Å². The van der Waals surface area contributed by atoms with E-state index in [9.17, 15) is 22.8 Å². The first-order chi connectivity index (χ1) is 7.71. The average molecular weight is 252 g/mol. The molecule has 94 valence electrons. The number of amides is 1. The molecule has 17 heavy (non-hydrogen) atoms. The Kier molecular flexibility index (Phi) is 3.39. The highest BCUT2D eigenvalue weighted by molar-refractivity contribution is 5.85. The van der Waals surface area contributed by atoms with Crippen molar-refractivity contribution >= 4 is 11.9 Å². The van der Waals surface area contributed by atoms with Gasteiger partial charge >= 0.3 is 18.1 Å². The van der Waals surface area contributed by atoms with Crippen LogP contribution in [0, 0.1) is 0 Å². The minimum absolute atomic E-state index is 0.319. The van der Waals surface area contributed by atoms with Crippen molar-refractivity contribution in [1.29, 1.82) is 0 Å². The predicted molar refractivity (Wildman–Crippen MR) is 46.1 cm³/mol. The fourth-order valence-corrected chi connectivity index (χ4v) is 0.925. The molecule has 0 aliphatic carbocycles. The summed E-state index contributed by atoms with van der Waals surface area (Å²) >= 11 is 0. The van der Waals surface area contributed by atoms with Crippen molar-refractivity contribution in [3.05, 3.63) is 17.8 Å². The molecule has 2 N–H and O–H groups in total. The molecule has 0 spiro atoms. The van der Waals surface area contributed by atoms with Crippen LogP contribution in [-0.2, 0) is 4.79 Å². The number of aromatic nitrogens is 1. The number of carbonyl (C=O) groups is 2. The molecular formula is C8H7F3N2O4. The third-order valence-electron chi connectivity index (χ3n) is 1.72. The molecule has 0 unspecified atom stereocenters. The maximum Gasteiger partial charge on any atom is 0.471 e. The smallest absolute Gasteiger partial charge is 0.471 e. The van der Waals surface area contributed by atoms with Crippen molar-refractivity contribution in [2.24, 2.45) is 0 Å². The summed E-state index contributed by atoms with van der Waals surface area (Å²) in [5.41, 5.74) is -0.451. The zero-order chi connectivity index (χ0) is 13.2. The van der Waals surface area contributed by atoms with Gasteiger partial charge in [0.15, 0.2) is 5.69 Å². The van der Waals surface area contributed by atoms with E-state index in [1.54, 1.807) is 5.32 Å². The van der Waals surface area contributed by atoms with Gasteiger partial charge < -0.3 is 14.8 Å². The van der Waals surface area contributed by atoms with Crippen molar-refractivity contribution in [2.75, 3.05) is 0 Å². The molecule has 0 saturated heterocycles. The lowest BCUT2D eigenvalue weighted by Crippen LogP contribution is -2.38. The van der Waals surface area contributed by atoms with Crippen LogP contribution in [0.3, 0.4) is 0 Å². The van der Waals surface area contributed by atoms with Crippen LogP contribution < -0.4 is 5.32 Å². The second-order valence-electron chi connectivity index (χ2n) is 3.07. The Hall–Kier alpha value is -2.06. The topological polar surface area (TPSA) is 92.4 Å². The number of oxazole rings is 1. The number of nitrogens with zero attached hydrogens (tertiary/aromatic N) is 1. The quantitative estimate of drug-likeness (QED) is 0.840. The number of aromatic carboxylic acids is 1. The van der Waals surface area contributed by atoms with Gasteiger partial charge in [-0.2, -0.15) is 13.2 Å². The van der Waals surface area contributed by atoms with Gasteiger partial charge in [0.25, 0.3) is 0 Å². The molecule has 0 aromatic carbocycles. The molecule has 0 radical (unpaired) electrons. The summed E-state index contributed by atoms with van der Waals surface area (Å²) in [7, 11) is 0. The first kappa shape index (κ1) is 13.0. The van der Waals surface area contributed by atoms with Gasteiger partial charge in [0.05, 0.1) is 0 Å². The van der Waals surface area contributed by atoms with Crippen LogP contribution in [0.1, 0.15) is 29.3 Å². The van der Waals surface area contributed by atoms with Crippen LogP contribution in [0.5, 0.6) is 0 Å². The van der Waals surface area contributed by atoms with E-state index in [4.69, 9.17) is 5.11 Å². The summed E-state index contributed by atoms with van der Waals surface area (Å²) in [6, 6.07) is -1.18. The Morgan fingerprint density at radius 2 is 2.12 bits per heavy atom. The molecule has 0 saturated carbocycles. The summed E-state index contributed by atoms with van der Waals surface area (Å²) in [6.07, 6.45) is -4.25. The molecule has 0 fully saturated rings. The Labute approximate surface area is 92.4 Å². The lowest BCUT2D eigenvalue weighted by atomic mass is 10.3. The Morgan fingerprint density at radius 1 is 1.53 bits per heavy atom. The van der Waals surface area contributed by atoms with Crippen molar-refractivity contribution in [3.8, 4) is 0 Å². The number of hydrogen-bond acceptors (Lipinski definition) is 4. The van der Waals surface area contributed by atoms with Crippen LogP contribution >= 0.6 is 0 Å². The predicted octanol–water partition coefficient (Wildman–Crippen LogP) is 1.11. The number of hydrogen-bond donors (Lipinski definition) is 2. The summed E-state index contributed by atoms with van der Waals surface area (Å²) in [6.45, 7) is 1.18. The van der Waals surface area contributed by atoms with E-state index in [1.807, 2.05) is 0 Å². The van der Waals surface area contributed by atoms with E-state index in [1.165, 1.54) is 6.92 Å². The Bertz CT molecular complexity index is 440. The maximum absolute atomic E-state index is 11.9. The monoisotopic (exact) mass is 252 g/mol. The number of carbonyl (C=O) groups excluding carboxylic acids is 1. The van der Waals surface area contributed by atoms with Gasteiger partial charge in [0, 0.05) is 0 Å². The van der Waals surface area contributed by atoms with Gasteiger partial charge in [0.1, 0.15) is 12.3 Å². The van der Waals surface area contributed by atoms with Gasteiger partial charge in [-0.1, -0.05) is 0 Å². The highest BCUT2D eigenvalue weighted by atomic mass is 19.4. The zero-order valence-corrected chi connectivity index (χ0v) is 8.41. The third kappa shape index (κ3) is 3.20. The van der Waals surface area contributed by atoms with E-state index in [2.05, 4.69) is 9.40 Å². The highest BCUT2D eigenvalue weighted by Crippen LogP contribution is 2.18. The van der Waals surface area contributed by atoms with Crippen molar-refractivity contribution < 1.29 is 32.3 Å². The molecular weight excluding hydrogens is 245 g/mol. The molecule has 1 atom stereocenters. The minimum atomic E-state index is -5.02. The fourth-order valence-electron chi connectivity index (χ4n) is 0.925. The zero-order valence-electron chi connectivity index (χ0n) is 8.41. The number of carboxylic acids is 1. The number of rotatable bonds is 3. The summed E-state index contributed by atoms with van der Waals surface area (Å²) < 4.78 is 40.3. The SMILES string of the molecule is C[C@H](NC(=O)C(F)(F)F)c1nc(C(=O)O)co1. The lowest BCUT2D eigenvalue weighted by molar-refractivity contribution is -0.174. The molecule has 0 aliphatic rings. The van der Waals surface area contributed by atoms with Crippen LogP contribution in [0.25, 0.3) is 0 Å². The fraction of sp³-hybridized carbons (Fsp3) is 0.375. The summed E-state index contributed by atoms with van der Waals surface area (Å²) in [4.78, 5) is 24.4. The van der Waals surface area contributed by atoms with E-state index in [0.29, 0.717) is 0 Å². The van der Waals surface area contributed by atoms with Crippen LogP contribution in [0.2, 0.25) is 0 Å². The van der Waals surface area contributed by atoms with Crippen LogP contribution in [-0.4, -0.2) is 28.1 Å². The van der Waals surface area contributed by atoms with E-state index >= 15 is 0 Å². The van der Waals surface area contributed by atoms with Crippen LogP contribution in [0.15, 0.2) is 10.7 Å². The summed E-state index contributed by atoms with van der Waals surface area (Å²) in [5, 5.41) is 10.1. The summed E-state index contributed by atoms with van der Waals surface area (Å²) in [5.74, 6) is -3.85. The van der Waals surface area contributed by atoms with E-state index < -0.39 is 29.8 Å². The largest absolute Gasteiger partial charge is 0.476 e. The molecule has 1 rings (SSSR count). The average Bonchev–Trinajstić information content (AvgIpc) is 2.64. The molecule has 1 heterocycles. The number of halogens is 3. The molecule has 9 heteroatoms. The molecule has 1 amide bonds. The first-order valence-electron chi connectivity index (χ1n) is 4.28. The highest BCUT2D eigenvalue weighted by Gasteiger charge is 2.39. The molecule has 0 aliphatic heterocycles. The van der Waals surface area contributed by atoms with Crippen molar-refractivity contribution in [1.82, 2.24) is 10.3 Å². The molecule has 0 bridgehead atoms. The van der Waals surface area contributed by atoms with Gasteiger partial charge in [-0.05, 0) is 6.92 Å². The van der Waals surface area contributed by atoms with E-state index in [-0.39, 0.29) is 5.89 Å². The first-order valence-corrected chi connectivity index (χ1v) is 4.28. The number of carboxylic acid groups (broad SMARTS) is 1. The van der Waals surface area contributed by atoms with Gasteiger partial charge in [0.2, 0.25) is 5.89 Å².